The molecule has 102 valence electrons. The van der Waals surface area contributed by atoms with Crippen molar-refractivity contribution in [3.63, 3.8) is 0 Å². The van der Waals surface area contributed by atoms with Crippen LogP contribution in [0.3, 0.4) is 0 Å². The maximum absolute atomic E-state index is 6.72. The van der Waals surface area contributed by atoms with Gasteiger partial charge in [-0.1, -0.05) is 15.9 Å². The van der Waals surface area contributed by atoms with Crippen LogP contribution < -0.4 is 9.47 Å². The molecular weight excluding hydrogens is 328 g/mol. The van der Waals surface area contributed by atoms with Crippen molar-refractivity contribution in [2.45, 2.75) is 24.6 Å². The summed E-state index contributed by atoms with van der Waals surface area (Å²) >= 11 is 10.3. The Morgan fingerprint density at radius 3 is 2.37 bits per heavy atom. The first-order valence-corrected chi connectivity index (χ1v) is 8.18. The molecule has 0 bridgehead atoms. The Kier molecular flexibility index (Phi) is 2.96. The van der Waals surface area contributed by atoms with Gasteiger partial charge in [0.1, 0.15) is 13.2 Å². The molecule has 2 saturated carbocycles. The summed E-state index contributed by atoms with van der Waals surface area (Å²) in [6, 6.07) is 4.05. The molecule has 1 aliphatic heterocycles. The summed E-state index contributed by atoms with van der Waals surface area (Å²) < 4.78 is 12.3. The van der Waals surface area contributed by atoms with Crippen molar-refractivity contribution in [3.05, 3.63) is 22.2 Å². The van der Waals surface area contributed by atoms with E-state index in [0.29, 0.717) is 19.1 Å². The minimum Gasteiger partial charge on any atom is -0.486 e. The predicted molar refractivity (Wildman–Crippen MR) is 78.0 cm³/mol. The van der Waals surface area contributed by atoms with Gasteiger partial charge in [-0.15, -0.1) is 11.6 Å². The van der Waals surface area contributed by atoms with Crippen LogP contribution in [-0.4, -0.2) is 13.2 Å². The molecular formula is C15H16BrClO2. The second kappa shape index (κ2) is 4.56. The van der Waals surface area contributed by atoms with Crippen LogP contribution in [0.25, 0.3) is 0 Å². The number of hydrogen-bond donors (Lipinski definition) is 0. The molecule has 0 aromatic heterocycles. The van der Waals surface area contributed by atoms with Crippen molar-refractivity contribution >= 4 is 27.5 Å². The number of ether oxygens (including phenoxy) is 2. The van der Waals surface area contributed by atoms with Crippen LogP contribution in [-0.2, 0) is 0 Å². The standard InChI is InChI=1S/C15H16BrClO2/c16-12-7-14-13(18-1-2-19-14)6-11(12)15(17)10-4-8-3-9(8)5-10/h6-10,15H,1-5H2. The Bertz CT molecular complexity index is 509. The van der Waals surface area contributed by atoms with Gasteiger partial charge in [-0.3, -0.25) is 0 Å². The molecule has 1 heterocycles. The second-order valence-electron chi connectivity index (χ2n) is 5.91. The minimum atomic E-state index is 0.0815. The van der Waals surface area contributed by atoms with Crippen LogP contribution in [0.5, 0.6) is 11.5 Å². The van der Waals surface area contributed by atoms with Gasteiger partial charge in [0.05, 0.1) is 5.38 Å². The molecule has 1 aromatic rings. The van der Waals surface area contributed by atoms with Crippen molar-refractivity contribution in [2.24, 2.45) is 17.8 Å². The van der Waals surface area contributed by atoms with E-state index in [1.165, 1.54) is 19.3 Å². The molecule has 0 spiro atoms. The third-order valence-electron chi connectivity index (χ3n) is 4.65. The second-order valence-corrected chi connectivity index (χ2v) is 7.23. The molecule has 2 aliphatic carbocycles. The lowest BCUT2D eigenvalue weighted by Crippen LogP contribution is -2.16. The van der Waals surface area contributed by atoms with Gasteiger partial charge in [0.15, 0.2) is 11.5 Å². The summed E-state index contributed by atoms with van der Waals surface area (Å²) in [5.41, 5.74) is 1.15. The summed E-state index contributed by atoms with van der Waals surface area (Å²) in [5, 5.41) is 0.0815. The summed E-state index contributed by atoms with van der Waals surface area (Å²) in [4.78, 5) is 0. The molecule has 4 heteroatoms. The summed E-state index contributed by atoms with van der Waals surface area (Å²) in [7, 11) is 0. The fraction of sp³-hybridized carbons (Fsp3) is 0.600. The summed E-state index contributed by atoms with van der Waals surface area (Å²) in [6.45, 7) is 1.24. The Hall–Kier alpha value is -0.410. The van der Waals surface area contributed by atoms with E-state index < -0.39 is 0 Å². The highest BCUT2D eigenvalue weighted by atomic mass is 79.9. The van der Waals surface area contributed by atoms with Crippen LogP contribution in [0.15, 0.2) is 16.6 Å². The molecule has 4 rings (SSSR count). The van der Waals surface area contributed by atoms with Crippen molar-refractivity contribution in [1.82, 2.24) is 0 Å². The third kappa shape index (κ3) is 2.15. The molecule has 0 amide bonds. The zero-order valence-electron chi connectivity index (χ0n) is 10.6. The molecule has 19 heavy (non-hydrogen) atoms. The largest absolute Gasteiger partial charge is 0.486 e. The van der Waals surface area contributed by atoms with E-state index in [2.05, 4.69) is 22.0 Å². The lowest BCUT2D eigenvalue weighted by Gasteiger charge is -2.24. The first kappa shape index (κ1) is 12.3. The van der Waals surface area contributed by atoms with Gasteiger partial charge in [0.2, 0.25) is 0 Å². The van der Waals surface area contributed by atoms with Gasteiger partial charge in [0, 0.05) is 4.47 Å². The van der Waals surface area contributed by atoms with Gasteiger partial charge in [0.25, 0.3) is 0 Å². The molecule has 0 saturated heterocycles. The number of alkyl halides is 1. The molecule has 3 aliphatic rings. The maximum atomic E-state index is 6.72. The van der Waals surface area contributed by atoms with Crippen molar-refractivity contribution < 1.29 is 9.47 Å². The molecule has 1 aromatic carbocycles. The Labute approximate surface area is 126 Å². The van der Waals surface area contributed by atoms with Crippen molar-refractivity contribution in [1.29, 1.82) is 0 Å². The van der Waals surface area contributed by atoms with Crippen molar-refractivity contribution in [2.75, 3.05) is 13.2 Å². The minimum absolute atomic E-state index is 0.0815. The molecule has 3 unspecified atom stereocenters. The Morgan fingerprint density at radius 1 is 1.05 bits per heavy atom. The quantitative estimate of drug-likeness (QED) is 0.734. The highest BCUT2D eigenvalue weighted by molar-refractivity contribution is 9.10. The topological polar surface area (TPSA) is 18.5 Å². The molecule has 3 atom stereocenters. The summed E-state index contributed by atoms with van der Waals surface area (Å²) in [5.74, 6) is 4.19. The Morgan fingerprint density at radius 2 is 1.68 bits per heavy atom. The Balaban J connectivity index is 1.62. The third-order valence-corrected chi connectivity index (χ3v) is 5.93. The number of fused-ring (bicyclic) bond motifs is 2. The highest BCUT2D eigenvalue weighted by Gasteiger charge is 2.48. The first-order chi connectivity index (χ1) is 9.22. The number of rotatable bonds is 2. The maximum Gasteiger partial charge on any atom is 0.162 e. The predicted octanol–water partition coefficient (Wildman–Crippen LogP) is 4.55. The molecule has 0 radical (unpaired) electrons. The van der Waals surface area contributed by atoms with Gasteiger partial charge in [-0.2, -0.15) is 0 Å². The van der Waals surface area contributed by atoms with Crippen molar-refractivity contribution in [3.8, 4) is 11.5 Å². The van der Waals surface area contributed by atoms with E-state index in [9.17, 15) is 0 Å². The van der Waals surface area contributed by atoms with Crippen LogP contribution in [0, 0.1) is 17.8 Å². The molecule has 0 N–H and O–H groups in total. The normalized spacial score (nSPS) is 32.8. The zero-order valence-corrected chi connectivity index (χ0v) is 12.9. The van der Waals surface area contributed by atoms with Crippen LogP contribution in [0.1, 0.15) is 30.2 Å². The van der Waals surface area contributed by atoms with Gasteiger partial charge in [-0.05, 0) is 54.7 Å². The lowest BCUT2D eigenvalue weighted by molar-refractivity contribution is 0.171. The van der Waals surface area contributed by atoms with E-state index in [1.54, 1.807) is 0 Å². The van der Waals surface area contributed by atoms with E-state index in [-0.39, 0.29) is 5.38 Å². The van der Waals surface area contributed by atoms with E-state index in [4.69, 9.17) is 21.1 Å². The number of halogens is 2. The van der Waals surface area contributed by atoms with Crippen LogP contribution in [0.4, 0.5) is 0 Å². The fourth-order valence-electron chi connectivity index (χ4n) is 3.55. The summed E-state index contributed by atoms with van der Waals surface area (Å²) in [6.07, 6.45) is 4.02. The smallest absolute Gasteiger partial charge is 0.162 e. The van der Waals surface area contributed by atoms with Gasteiger partial charge in [-0.25, -0.2) is 0 Å². The van der Waals surface area contributed by atoms with E-state index in [0.717, 1.165) is 33.4 Å². The number of hydrogen-bond acceptors (Lipinski definition) is 2. The average Bonchev–Trinajstić information content (AvgIpc) is 3.03. The van der Waals surface area contributed by atoms with Gasteiger partial charge >= 0.3 is 0 Å². The first-order valence-electron chi connectivity index (χ1n) is 6.95. The highest BCUT2D eigenvalue weighted by Crippen LogP contribution is 2.59. The van der Waals surface area contributed by atoms with Crippen LogP contribution in [0.2, 0.25) is 0 Å². The zero-order chi connectivity index (χ0) is 13.0. The SMILES string of the molecule is ClC(c1cc2c(cc1Br)OCCO2)C1CC2CC2C1. The van der Waals surface area contributed by atoms with E-state index in [1.807, 2.05) is 6.07 Å². The van der Waals surface area contributed by atoms with Crippen LogP contribution >= 0.6 is 27.5 Å². The lowest BCUT2D eigenvalue weighted by atomic mass is 9.94. The molecule has 2 nitrogen and oxygen atoms in total. The number of benzene rings is 1. The average molecular weight is 344 g/mol. The molecule has 2 fully saturated rings. The fourth-order valence-corrected chi connectivity index (χ4v) is 4.63. The van der Waals surface area contributed by atoms with E-state index >= 15 is 0 Å². The monoisotopic (exact) mass is 342 g/mol. The van der Waals surface area contributed by atoms with Gasteiger partial charge < -0.3 is 9.47 Å².